The van der Waals surface area contributed by atoms with Crippen LogP contribution in [0.3, 0.4) is 0 Å². The monoisotopic (exact) mass is 557 g/mol. The number of non-ortho nitro benzene ring substituents is 2. The number of carbonyl (C=O) groups is 1. The van der Waals surface area contributed by atoms with Crippen molar-refractivity contribution in [1.82, 2.24) is 4.98 Å². The molecule has 0 saturated heterocycles. The van der Waals surface area contributed by atoms with Gasteiger partial charge in [-0.3, -0.25) is 30.0 Å². The Balaban J connectivity index is 1.68. The summed E-state index contributed by atoms with van der Waals surface area (Å²) in [5.74, 6) is -0.834. The van der Waals surface area contributed by atoms with Crippen LogP contribution in [0.1, 0.15) is 41.0 Å². The lowest BCUT2D eigenvalue weighted by molar-refractivity contribution is -0.385. The zero-order chi connectivity index (χ0) is 26.1. The van der Waals surface area contributed by atoms with E-state index in [0.29, 0.717) is 12.0 Å². The van der Waals surface area contributed by atoms with Crippen molar-refractivity contribution < 1.29 is 14.6 Å². The van der Waals surface area contributed by atoms with E-state index in [1.54, 1.807) is 24.3 Å². The molecule has 0 bridgehead atoms. The largest absolute Gasteiger partial charge is 0.298 e. The molecule has 4 aromatic rings. The SMILES string of the molecule is O=CC1=CC[C@@H](c2ccc([N+](=O)[O-])cc2)[C@@H](c2ccc3cc(Br)ccc3n2)[C@@H]1c1ccc([N+](=O)[O-])cc1. The van der Waals surface area contributed by atoms with Crippen LogP contribution < -0.4 is 0 Å². The minimum atomic E-state index is -0.457. The number of benzene rings is 3. The lowest BCUT2D eigenvalue weighted by atomic mass is 9.65. The maximum absolute atomic E-state index is 12.2. The predicted octanol–water partition coefficient (Wildman–Crippen LogP) is 6.99. The number of rotatable bonds is 6. The summed E-state index contributed by atoms with van der Waals surface area (Å²) in [5, 5.41) is 23.4. The van der Waals surface area contributed by atoms with Gasteiger partial charge in [-0.15, -0.1) is 0 Å². The first kappa shape index (κ1) is 24.5. The first-order chi connectivity index (χ1) is 17.9. The Bertz CT molecular complexity index is 1550. The van der Waals surface area contributed by atoms with Crippen LogP contribution >= 0.6 is 15.9 Å². The van der Waals surface area contributed by atoms with Crippen molar-refractivity contribution in [2.24, 2.45) is 0 Å². The fourth-order valence-corrected chi connectivity index (χ4v) is 5.54. The molecule has 3 aromatic carbocycles. The highest BCUT2D eigenvalue weighted by Gasteiger charge is 2.39. The van der Waals surface area contributed by atoms with E-state index in [1.165, 1.54) is 24.3 Å². The van der Waals surface area contributed by atoms with Gasteiger partial charge in [0.25, 0.3) is 11.4 Å². The number of aromatic nitrogens is 1. The van der Waals surface area contributed by atoms with Crippen LogP contribution in [-0.2, 0) is 4.79 Å². The van der Waals surface area contributed by atoms with Crippen LogP contribution in [0.25, 0.3) is 10.9 Å². The molecule has 1 aliphatic rings. The van der Waals surface area contributed by atoms with Crippen molar-refractivity contribution in [2.45, 2.75) is 24.2 Å². The summed E-state index contributed by atoms with van der Waals surface area (Å²) in [6, 6.07) is 22.5. The minimum Gasteiger partial charge on any atom is -0.298 e. The Morgan fingerprint density at radius 1 is 0.838 bits per heavy atom. The van der Waals surface area contributed by atoms with Crippen LogP contribution in [0.15, 0.2) is 95.0 Å². The van der Waals surface area contributed by atoms with Crippen molar-refractivity contribution >= 4 is 44.5 Å². The molecule has 0 unspecified atom stereocenters. The van der Waals surface area contributed by atoms with E-state index in [2.05, 4.69) is 15.9 Å². The molecular weight excluding hydrogens is 538 g/mol. The number of nitrogens with zero attached hydrogens (tertiary/aromatic N) is 3. The van der Waals surface area contributed by atoms with Gasteiger partial charge in [-0.2, -0.15) is 0 Å². The van der Waals surface area contributed by atoms with Crippen LogP contribution in [0, 0.1) is 20.2 Å². The average molecular weight is 558 g/mol. The van der Waals surface area contributed by atoms with Crippen molar-refractivity contribution in [3.05, 3.63) is 132 Å². The van der Waals surface area contributed by atoms with Crippen LogP contribution in [-0.4, -0.2) is 21.1 Å². The number of aldehydes is 1. The third kappa shape index (κ3) is 4.77. The lowest BCUT2D eigenvalue weighted by Crippen LogP contribution is -2.26. The summed E-state index contributed by atoms with van der Waals surface area (Å²) in [5.41, 5.74) is 3.77. The second kappa shape index (κ2) is 10.0. The molecule has 0 amide bonds. The molecule has 37 heavy (non-hydrogen) atoms. The maximum Gasteiger partial charge on any atom is 0.269 e. The summed E-state index contributed by atoms with van der Waals surface area (Å²) in [6.45, 7) is 0. The van der Waals surface area contributed by atoms with Crippen LogP contribution in [0.4, 0.5) is 11.4 Å². The maximum atomic E-state index is 12.2. The third-order valence-corrected chi connectivity index (χ3v) is 7.40. The highest BCUT2D eigenvalue weighted by atomic mass is 79.9. The van der Waals surface area contributed by atoms with E-state index in [0.717, 1.165) is 38.5 Å². The van der Waals surface area contributed by atoms with Crippen LogP contribution in [0.5, 0.6) is 0 Å². The molecule has 1 heterocycles. The van der Waals surface area contributed by atoms with Gasteiger partial charge in [-0.05, 0) is 53.3 Å². The van der Waals surface area contributed by atoms with Gasteiger partial charge in [0.15, 0.2) is 0 Å². The van der Waals surface area contributed by atoms with Gasteiger partial charge in [0.05, 0.1) is 15.4 Å². The fraction of sp³-hybridized carbons (Fsp3) is 0.143. The van der Waals surface area contributed by atoms with Gasteiger partial charge in [0, 0.05) is 51.7 Å². The van der Waals surface area contributed by atoms with E-state index in [-0.39, 0.29) is 23.2 Å². The number of hydrogen-bond donors (Lipinski definition) is 0. The second-order valence-corrected chi connectivity index (χ2v) is 9.85. The highest BCUT2D eigenvalue weighted by molar-refractivity contribution is 9.10. The van der Waals surface area contributed by atoms with E-state index in [9.17, 15) is 25.0 Å². The van der Waals surface area contributed by atoms with Gasteiger partial charge in [-0.25, -0.2) is 0 Å². The topological polar surface area (TPSA) is 116 Å². The smallest absolute Gasteiger partial charge is 0.269 e. The summed E-state index contributed by atoms with van der Waals surface area (Å²) in [7, 11) is 0. The number of fused-ring (bicyclic) bond motifs is 1. The predicted molar refractivity (Wildman–Crippen MR) is 143 cm³/mol. The number of nitro benzene ring substituents is 2. The molecule has 0 radical (unpaired) electrons. The Hall–Kier alpha value is -4.24. The number of nitro groups is 2. The molecule has 9 heteroatoms. The zero-order valence-corrected chi connectivity index (χ0v) is 20.9. The average Bonchev–Trinajstić information content (AvgIpc) is 2.92. The van der Waals surface area contributed by atoms with E-state index < -0.39 is 15.8 Å². The number of pyridine rings is 1. The lowest BCUT2D eigenvalue weighted by Gasteiger charge is -2.37. The molecule has 0 spiro atoms. The van der Waals surface area contributed by atoms with E-state index in [1.807, 2.05) is 36.4 Å². The first-order valence-electron chi connectivity index (χ1n) is 11.6. The van der Waals surface area contributed by atoms with Gasteiger partial charge in [0.1, 0.15) is 6.29 Å². The van der Waals surface area contributed by atoms with Crippen LogP contribution in [0.2, 0.25) is 0 Å². The highest BCUT2D eigenvalue weighted by Crippen LogP contribution is 2.51. The Morgan fingerprint density at radius 2 is 1.46 bits per heavy atom. The van der Waals surface area contributed by atoms with Gasteiger partial charge < -0.3 is 0 Å². The quantitative estimate of drug-likeness (QED) is 0.143. The number of hydrogen-bond acceptors (Lipinski definition) is 6. The van der Waals surface area contributed by atoms with Crippen molar-refractivity contribution in [2.75, 3.05) is 0 Å². The first-order valence-corrected chi connectivity index (χ1v) is 12.3. The summed E-state index contributed by atoms with van der Waals surface area (Å²) in [6.07, 6.45) is 3.27. The molecule has 0 fully saturated rings. The minimum absolute atomic E-state index is 0.00144. The summed E-state index contributed by atoms with van der Waals surface area (Å²) >= 11 is 3.49. The normalized spacial score (nSPS) is 19.3. The second-order valence-electron chi connectivity index (χ2n) is 8.94. The van der Waals surface area contributed by atoms with Crippen molar-refractivity contribution in [3.63, 3.8) is 0 Å². The Morgan fingerprint density at radius 3 is 2.05 bits per heavy atom. The van der Waals surface area contributed by atoms with Crippen molar-refractivity contribution in [1.29, 1.82) is 0 Å². The molecule has 0 aliphatic heterocycles. The zero-order valence-electron chi connectivity index (χ0n) is 19.4. The van der Waals surface area contributed by atoms with Gasteiger partial charge in [-0.1, -0.05) is 52.3 Å². The molecular formula is C28H20BrN3O5. The van der Waals surface area contributed by atoms with E-state index in [4.69, 9.17) is 4.98 Å². The standard InChI is InChI=1S/C28H20BrN3O5/c29-21-7-14-25-19(15-21)6-13-26(30-25)28-24(17-1-8-22(9-2-17)31(34)35)12-5-20(16-33)27(28)18-3-10-23(11-4-18)32(36)37/h1-11,13-16,24,27-28H,12H2/t24-,27+,28-/m0/s1. The molecule has 3 atom stereocenters. The molecule has 0 saturated carbocycles. The number of carbonyl (C=O) groups excluding carboxylic acids is 1. The summed E-state index contributed by atoms with van der Waals surface area (Å²) < 4.78 is 0.936. The fourth-order valence-electron chi connectivity index (χ4n) is 5.16. The number of allylic oxidation sites excluding steroid dienone is 2. The molecule has 8 nitrogen and oxygen atoms in total. The molecule has 0 N–H and O–H groups in total. The molecule has 5 rings (SSSR count). The van der Waals surface area contributed by atoms with E-state index >= 15 is 0 Å². The Kier molecular flexibility index (Phi) is 6.62. The van der Waals surface area contributed by atoms with Gasteiger partial charge >= 0.3 is 0 Å². The summed E-state index contributed by atoms with van der Waals surface area (Å²) in [4.78, 5) is 38.8. The molecule has 184 valence electrons. The molecule has 1 aliphatic carbocycles. The Labute approximate surface area is 220 Å². The van der Waals surface area contributed by atoms with Crippen molar-refractivity contribution in [3.8, 4) is 0 Å². The molecule has 1 aromatic heterocycles. The third-order valence-electron chi connectivity index (χ3n) is 6.90. The number of halogens is 1. The van der Waals surface area contributed by atoms with Gasteiger partial charge in [0.2, 0.25) is 0 Å².